The second-order valence-corrected chi connectivity index (χ2v) is 7.50. The SMILES string of the molecule is CB(O)N(C/C=C/Cl)c1cc(OCc2ccccc2)c2ccccc2c1I. The lowest BCUT2D eigenvalue weighted by Crippen LogP contribution is -2.37. The number of fused-ring (bicyclic) bond motifs is 1. The Kier molecular flexibility index (Phi) is 7.04. The fourth-order valence-corrected chi connectivity index (χ4v) is 3.98. The second-order valence-electron chi connectivity index (χ2n) is 6.17. The van der Waals surface area contributed by atoms with Crippen LogP contribution in [-0.2, 0) is 6.61 Å². The Morgan fingerprint density at radius 1 is 1.11 bits per heavy atom. The van der Waals surface area contributed by atoms with Crippen molar-refractivity contribution in [2.75, 3.05) is 11.4 Å². The maximum absolute atomic E-state index is 10.3. The molecule has 0 atom stereocenters. The molecule has 0 aliphatic carbocycles. The van der Waals surface area contributed by atoms with E-state index >= 15 is 0 Å². The summed E-state index contributed by atoms with van der Waals surface area (Å²) in [5.41, 5.74) is 3.50. The van der Waals surface area contributed by atoms with E-state index < -0.39 is 7.05 Å². The third-order valence-electron chi connectivity index (χ3n) is 4.31. The van der Waals surface area contributed by atoms with Gasteiger partial charge in [-0.15, -0.1) is 0 Å². The molecule has 27 heavy (non-hydrogen) atoms. The van der Waals surface area contributed by atoms with Crippen molar-refractivity contribution >= 4 is 57.7 Å². The van der Waals surface area contributed by atoms with E-state index in [2.05, 4.69) is 34.7 Å². The smallest absolute Gasteiger partial charge is 0.409 e. The Morgan fingerprint density at radius 3 is 2.44 bits per heavy atom. The molecular formula is C21H20BClINO2. The van der Waals surface area contributed by atoms with Gasteiger partial charge in [0.25, 0.3) is 0 Å². The molecule has 0 radical (unpaired) electrons. The molecule has 6 heteroatoms. The van der Waals surface area contributed by atoms with Gasteiger partial charge in [-0.05, 0) is 35.0 Å². The Balaban J connectivity index is 2.05. The van der Waals surface area contributed by atoms with Crippen LogP contribution in [0.15, 0.2) is 72.3 Å². The third kappa shape index (κ3) is 4.78. The van der Waals surface area contributed by atoms with Crippen LogP contribution in [0, 0.1) is 3.57 Å². The predicted molar refractivity (Wildman–Crippen MR) is 124 cm³/mol. The van der Waals surface area contributed by atoms with E-state index in [-0.39, 0.29) is 0 Å². The Labute approximate surface area is 178 Å². The summed E-state index contributed by atoms with van der Waals surface area (Å²) in [7, 11) is -0.658. The number of hydrogen-bond donors (Lipinski definition) is 1. The van der Waals surface area contributed by atoms with Crippen LogP contribution in [-0.4, -0.2) is 18.6 Å². The summed E-state index contributed by atoms with van der Waals surface area (Å²) in [4.78, 5) is 1.89. The maximum atomic E-state index is 10.3. The van der Waals surface area contributed by atoms with Crippen LogP contribution in [0.2, 0.25) is 6.82 Å². The molecule has 3 aromatic rings. The molecule has 0 fully saturated rings. The van der Waals surface area contributed by atoms with Crippen molar-refractivity contribution in [3.63, 3.8) is 0 Å². The molecule has 0 aliphatic heterocycles. The highest BCUT2D eigenvalue weighted by Gasteiger charge is 2.21. The minimum Gasteiger partial charge on any atom is -0.488 e. The summed E-state index contributed by atoms with van der Waals surface area (Å²) in [6, 6.07) is 20.3. The lowest BCUT2D eigenvalue weighted by molar-refractivity contribution is 0.310. The zero-order valence-electron chi connectivity index (χ0n) is 15.0. The zero-order chi connectivity index (χ0) is 19.2. The summed E-state index contributed by atoms with van der Waals surface area (Å²) >= 11 is 8.04. The fourth-order valence-electron chi connectivity index (χ4n) is 2.96. The van der Waals surface area contributed by atoms with E-state index in [1.807, 2.05) is 59.4 Å². The maximum Gasteiger partial charge on any atom is 0.409 e. The van der Waals surface area contributed by atoms with Gasteiger partial charge in [0.15, 0.2) is 0 Å². The van der Waals surface area contributed by atoms with Gasteiger partial charge < -0.3 is 14.6 Å². The largest absolute Gasteiger partial charge is 0.488 e. The monoisotopic (exact) mass is 491 g/mol. The van der Waals surface area contributed by atoms with Crippen LogP contribution in [0.25, 0.3) is 10.8 Å². The number of ether oxygens (including phenoxy) is 1. The summed E-state index contributed by atoms with van der Waals surface area (Å²) < 4.78 is 7.25. The van der Waals surface area contributed by atoms with Gasteiger partial charge in [0, 0.05) is 38.2 Å². The fraction of sp³-hybridized carbons (Fsp3) is 0.143. The van der Waals surface area contributed by atoms with Crippen molar-refractivity contribution in [1.29, 1.82) is 0 Å². The van der Waals surface area contributed by atoms with Crippen molar-refractivity contribution in [2.24, 2.45) is 0 Å². The number of nitrogens with zero attached hydrogens (tertiary/aromatic N) is 1. The predicted octanol–water partition coefficient (Wildman–Crippen LogP) is 5.69. The molecule has 3 aromatic carbocycles. The molecule has 0 unspecified atom stereocenters. The van der Waals surface area contributed by atoms with Crippen LogP contribution < -0.4 is 9.55 Å². The van der Waals surface area contributed by atoms with E-state index in [1.54, 1.807) is 6.82 Å². The molecule has 0 bridgehead atoms. The first kappa shape index (κ1) is 20.0. The highest BCUT2D eigenvalue weighted by Crippen LogP contribution is 2.37. The number of benzene rings is 3. The average molecular weight is 492 g/mol. The van der Waals surface area contributed by atoms with Gasteiger partial charge in [-0.25, -0.2) is 0 Å². The van der Waals surface area contributed by atoms with Crippen molar-refractivity contribution in [2.45, 2.75) is 13.4 Å². The van der Waals surface area contributed by atoms with Gasteiger partial charge in [0.2, 0.25) is 0 Å². The first-order chi connectivity index (χ1) is 13.1. The van der Waals surface area contributed by atoms with Crippen LogP contribution in [0.4, 0.5) is 5.69 Å². The normalized spacial score (nSPS) is 11.1. The van der Waals surface area contributed by atoms with Gasteiger partial charge >= 0.3 is 7.05 Å². The lowest BCUT2D eigenvalue weighted by atomic mass is 9.84. The van der Waals surface area contributed by atoms with Gasteiger partial charge in [0.05, 0.1) is 0 Å². The van der Waals surface area contributed by atoms with Crippen LogP contribution >= 0.6 is 34.2 Å². The summed E-state index contributed by atoms with van der Waals surface area (Å²) in [5, 5.41) is 12.4. The molecule has 0 amide bonds. The van der Waals surface area contributed by atoms with Crippen molar-refractivity contribution in [3.8, 4) is 5.75 Å². The molecule has 3 nitrogen and oxygen atoms in total. The third-order valence-corrected chi connectivity index (χ3v) is 5.62. The number of halogens is 2. The number of anilines is 1. The minimum absolute atomic E-state index is 0.487. The summed E-state index contributed by atoms with van der Waals surface area (Å²) in [5.74, 6) is 0.797. The van der Waals surface area contributed by atoms with Crippen molar-refractivity contribution in [1.82, 2.24) is 0 Å². The molecule has 1 N–H and O–H groups in total. The first-order valence-corrected chi connectivity index (χ1v) is 10.2. The highest BCUT2D eigenvalue weighted by atomic mass is 127. The van der Waals surface area contributed by atoms with E-state index in [0.29, 0.717) is 13.2 Å². The first-order valence-electron chi connectivity index (χ1n) is 8.69. The molecule has 3 rings (SSSR count). The van der Waals surface area contributed by atoms with Gasteiger partial charge in [0.1, 0.15) is 12.4 Å². The standard InChI is InChI=1S/C21H20BClINO2/c1-22(26)25(13-7-12-23)19-14-20(27-15-16-8-3-2-4-9-16)17-10-5-6-11-18(17)21(19)24/h2-12,14,26H,13,15H2,1H3/b12-7+. The molecule has 0 aromatic heterocycles. The molecule has 0 saturated carbocycles. The quantitative estimate of drug-likeness (QED) is 0.340. The van der Waals surface area contributed by atoms with Crippen LogP contribution in [0.1, 0.15) is 5.56 Å². The Morgan fingerprint density at radius 2 is 1.78 bits per heavy atom. The zero-order valence-corrected chi connectivity index (χ0v) is 17.9. The minimum atomic E-state index is -0.658. The van der Waals surface area contributed by atoms with Gasteiger partial charge in [-0.1, -0.05) is 72.3 Å². The molecule has 0 spiro atoms. The van der Waals surface area contributed by atoms with Crippen LogP contribution in [0.5, 0.6) is 5.75 Å². The number of rotatable bonds is 7. The van der Waals surface area contributed by atoms with Crippen molar-refractivity contribution in [3.05, 3.63) is 81.4 Å². The molecule has 0 heterocycles. The lowest BCUT2D eigenvalue weighted by Gasteiger charge is -2.27. The van der Waals surface area contributed by atoms with Crippen molar-refractivity contribution < 1.29 is 9.76 Å². The number of hydrogen-bond acceptors (Lipinski definition) is 3. The van der Waals surface area contributed by atoms with E-state index in [4.69, 9.17) is 16.3 Å². The van der Waals surface area contributed by atoms with Gasteiger partial charge in [-0.3, -0.25) is 0 Å². The summed E-state index contributed by atoms with van der Waals surface area (Å²) in [6.07, 6.45) is 1.81. The molecule has 0 aliphatic rings. The van der Waals surface area contributed by atoms with Gasteiger partial charge in [-0.2, -0.15) is 0 Å². The van der Waals surface area contributed by atoms with E-state index in [9.17, 15) is 5.02 Å². The topological polar surface area (TPSA) is 32.7 Å². The molecule has 0 saturated heterocycles. The molecule has 138 valence electrons. The van der Waals surface area contributed by atoms with E-state index in [1.165, 1.54) is 5.54 Å². The Bertz CT molecular complexity index is 934. The highest BCUT2D eigenvalue weighted by molar-refractivity contribution is 14.1. The van der Waals surface area contributed by atoms with E-state index in [0.717, 1.165) is 31.3 Å². The summed E-state index contributed by atoms with van der Waals surface area (Å²) in [6.45, 7) is 2.74. The molecular weight excluding hydrogens is 471 g/mol. The van der Waals surface area contributed by atoms with Crippen LogP contribution in [0.3, 0.4) is 0 Å². The Hall–Kier alpha value is -1.70. The second kappa shape index (κ2) is 9.49. The average Bonchev–Trinajstić information content (AvgIpc) is 2.69.